The van der Waals surface area contributed by atoms with Gasteiger partial charge in [0.1, 0.15) is 11.5 Å². The van der Waals surface area contributed by atoms with Crippen LogP contribution in [0, 0.1) is 6.92 Å². The molecule has 0 bridgehead atoms. The summed E-state index contributed by atoms with van der Waals surface area (Å²) in [5, 5.41) is 3.56. The van der Waals surface area contributed by atoms with Crippen molar-refractivity contribution in [1.82, 2.24) is 0 Å². The topological polar surface area (TPSA) is 47.6 Å². The molecule has 0 spiro atoms. The van der Waals surface area contributed by atoms with Crippen molar-refractivity contribution in [3.8, 4) is 11.5 Å². The smallest absolute Gasteiger partial charge is 0.265 e. The predicted molar refractivity (Wildman–Crippen MR) is 102 cm³/mol. The molecule has 2 aromatic rings. The summed E-state index contributed by atoms with van der Waals surface area (Å²) in [5.41, 5.74) is 1.59. The van der Waals surface area contributed by atoms with Gasteiger partial charge in [-0.1, -0.05) is 24.6 Å². The lowest BCUT2D eigenvalue weighted by Crippen LogP contribution is -2.32. The molecule has 0 saturated heterocycles. The largest absolute Gasteiger partial charge is 0.491 e. The molecule has 0 aliphatic carbocycles. The monoisotopic (exact) mass is 361 g/mol. The molecular formula is C20H24ClNO3. The summed E-state index contributed by atoms with van der Waals surface area (Å²) in [6.07, 6.45) is 0.0384. The van der Waals surface area contributed by atoms with Gasteiger partial charge in [0, 0.05) is 16.8 Å². The number of halogens is 1. The second-order valence-corrected chi connectivity index (χ2v) is 6.52. The van der Waals surface area contributed by atoms with E-state index in [-0.39, 0.29) is 12.0 Å². The number of ether oxygens (including phenoxy) is 2. The molecule has 0 aliphatic heterocycles. The number of aryl methyl sites for hydroxylation is 1. The van der Waals surface area contributed by atoms with E-state index in [0.717, 1.165) is 11.3 Å². The number of rotatable bonds is 7. The molecule has 0 fully saturated rings. The molecule has 5 heteroatoms. The van der Waals surface area contributed by atoms with Gasteiger partial charge in [-0.05, 0) is 63.1 Å². The van der Waals surface area contributed by atoms with Crippen LogP contribution in [0.25, 0.3) is 0 Å². The molecule has 134 valence electrons. The average molecular weight is 362 g/mol. The van der Waals surface area contributed by atoms with E-state index in [1.54, 1.807) is 18.2 Å². The first-order valence-corrected chi connectivity index (χ1v) is 8.77. The fourth-order valence-electron chi connectivity index (χ4n) is 2.32. The van der Waals surface area contributed by atoms with Gasteiger partial charge in [0.05, 0.1) is 6.10 Å². The molecule has 0 radical (unpaired) electrons. The molecule has 0 aliphatic rings. The lowest BCUT2D eigenvalue weighted by atomic mass is 10.2. The molecular weight excluding hydrogens is 338 g/mol. The maximum Gasteiger partial charge on any atom is 0.265 e. The van der Waals surface area contributed by atoms with Crippen LogP contribution < -0.4 is 14.8 Å². The van der Waals surface area contributed by atoms with Crippen LogP contribution in [0.1, 0.15) is 32.8 Å². The molecule has 1 atom stereocenters. The second kappa shape index (κ2) is 8.77. The summed E-state index contributed by atoms with van der Waals surface area (Å²) in [4.78, 5) is 12.5. The van der Waals surface area contributed by atoms with E-state index in [9.17, 15) is 4.79 Å². The van der Waals surface area contributed by atoms with Gasteiger partial charge >= 0.3 is 0 Å². The molecule has 0 saturated carbocycles. The van der Waals surface area contributed by atoms with E-state index >= 15 is 0 Å². The number of nitrogens with one attached hydrogen (secondary N) is 1. The highest BCUT2D eigenvalue weighted by Crippen LogP contribution is 2.23. The van der Waals surface area contributed by atoms with Crippen molar-refractivity contribution in [2.45, 2.75) is 46.3 Å². The third-order valence-electron chi connectivity index (χ3n) is 3.54. The predicted octanol–water partition coefficient (Wildman–Crippen LogP) is 5.23. The third kappa shape index (κ3) is 5.68. The highest BCUT2D eigenvalue weighted by molar-refractivity contribution is 6.31. The molecule has 1 N–H and O–H groups in total. The maximum atomic E-state index is 12.5. The van der Waals surface area contributed by atoms with Crippen LogP contribution in [0.15, 0.2) is 42.5 Å². The fourth-order valence-corrected chi connectivity index (χ4v) is 2.44. The molecule has 1 amide bonds. The average Bonchev–Trinajstić information content (AvgIpc) is 2.55. The van der Waals surface area contributed by atoms with Gasteiger partial charge in [0.2, 0.25) is 0 Å². The molecule has 0 aromatic heterocycles. The van der Waals surface area contributed by atoms with Gasteiger partial charge in [0.25, 0.3) is 5.91 Å². The summed E-state index contributed by atoms with van der Waals surface area (Å²) in [5.74, 6) is 1.15. The Kier molecular flexibility index (Phi) is 6.71. The van der Waals surface area contributed by atoms with E-state index in [2.05, 4.69) is 5.32 Å². The molecule has 0 unspecified atom stereocenters. The number of carbonyl (C=O) groups excluding carboxylic acids is 1. The SMILES string of the molecule is CC[C@H](Oc1ccc(Cl)c(C)c1)C(=O)Nc1cccc(OC(C)C)c1. The summed E-state index contributed by atoms with van der Waals surface area (Å²) < 4.78 is 11.5. The summed E-state index contributed by atoms with van der Waals surface area (Å²) >= 11 is 6.02. The lowest BCUT2D eigenvalue weighted by Gasteiger charge is -2.18. The third-order valence-corrected chi connectivity index (χ3v) is 3.97. The van der Waals surface area contributed by atoms with Crippen molar-refractivity contribution in [3.63, 3.8) is 0 Å². The van der Waals surface area contributed by atoms with Gasteiger partial charge in [-0.2, -0.15) is 0 Å². The van der Waals surface area contributed by atoms with E-state index in [1.165, 1.54) is 0 Å². The van der Waals surface area contributed by atoms with Crippen LogP contribution in [0.2, 0.25) is 5.02 Å². The quantitative estimate of drug-likeness (QED) is 0.734. The summed E-state index contributed by atoms with van der Waals surface area (Å²) in [6, 6.07) is 12.7. The van der Waals surface area contributed by atoms with Crippen LogP contribution in [0.4, 0.5) is 5.69 Å². The number of hydrogen-bond donors (Lipinski definition) is 1. The van der Waals surface area contributed by atoms with Crippen LogP contribution in [-0.2, 0) is 4.79 Å². The minimum Gasteiger partial charge on any atom is -0.491 e. The summed E-state index contributed by atoms with van der Waals surface area (Å²) in [6.45, 7) is 7.72. The standard InChI is InChI=1S/C20H24ClNO3/c1-5-19(25-17-9-10-18(21)14(4)11-17)20(23)22-15-7-6-8-16(12-15)24-13(2)3/h6-13,19H,5H2,1-4H3,(H,22,23)/t19-/m0/s1. The Balaban J connectivity index is 2.05. The summed E-state index contributed by atoms with van der Waals surface area (Å²) in [7, 11) is 0. The van der Waals surface area contributed by atoms with Crippen LogP contribution >= 0.6 is 11.6 Å². The van der Waals surface area contributed by atoms with Gasteiger partial charge in [-0.25, -0.2) is 0 Å². The number of amides is 1. The van der Waals surface area contributed by atoms with Crippen molar-refractivity contribution in [2.24, 2.45) is 0 Å². The normalized spacial score (nSPS) is 11.9. The Morgan fingerprint density at radius 2 is 1.84 bits per heavy atom. The van der Waals surface area contributed by atoms with Crippen molar-refractivity contribution >= 4 is 23.2 Å². The van der Waals surface area contributed by atoms with E-state index in [1.807, 2.05) is 52.0 Å². The number of benzene rings is 2. The molecule has 2 rings (SSSR count). The van der Waals surface area contributed by atoms with Crippen molar-refractivity contribution in [2.75, 3.05) is 5.32 Å². The van der Waals surface area contributed by atoms with E-state index < -0.39 is 6.10 Å². The first-order valence-electron chi connectivity index (χ1n) is 8.39. The molecule has 2 aromatic carbocycles. The number of hydrogen-bond acceptors (Lipinski definition) is 3. The molecule has 4 nitrogen and oxygen atoms in total. The highest BCUT2D eigenvalue weighted by Gasteiger charge is 2.19. The minimum absolute atomic E-state index is 0.0748. The van der Waals surface area contributed by atoms with Crippen LogP contribution in [0.5, 0.6) is 11.5 Å². The first-order chi connectivity index (χ1) is 11.9. The lowest BCUT2D eigenvalue weighted by molar-refractivity contribution is -0.122. The van der Waals surface area contributed by atoms with Crippen molar-refractivity contribution in [3.05, 3.63) is 53.1 Å². The van der Waals surface area contributed by atoms with Gasteiger partial charge in [0.15, 0.2) is 6.10 Å². The van der Waals surface area contributed by atoms with Crippen molar-refractivity contribution < 1.29 is 14.3 Å². The maximum absolute atomic E-state index is 12.5. The van der Waals surface area contributed by atoms with E-state index in [4.69, 9.17) is 21.1 Å². The van der Waals surface area contributed by atoms with Crippen LogP contribution in [-0.4, -0.2) is 18.1 Å². The van der Waals surface area contributed by atoms with Crippen LogP contribution in [0.3, 0.4) is 0 Å². The van der Waals surface area contributed by atoms with Gasteiger partial charge in [-0.15, -0.1) is 0 Å². The minimum atomic E-state index is -0.588. The van der Waals surface area contributed by atoms with E-state index in [0.29, 0.717) is 22.9 Å². The van der Waals surface area contributed by atoms with Crippen molar-refractivity contribution in [1.29, 1.82) is 0 Å². The Morgan fingerprint density at radius 3 is 2.48 bits per heavy atom. The zero-order valence-electron chi connectivity index (χ0n) is 15.0. The first kappa shape index (κ1) is 19.1. The fraction of sp³-hybridized carbons (Fsp3) is 0.350. The second-order valence-electron chi connectivity index (χ2n) is 6.11. The van der Waals surface area contributed by atoms with Gasteiger partial charge < -0.3 is 14.8 Å². The number of anilines is 1. The Labute approximate surface area is 154 Å². The highest BCUT2D eigenvalue weighted by atomic mass is 35.5. The Bertz CT molecular complexity index is 731. The Hall–Kier alpha value is -2.20. The zero-order valence-corrected chi connectivity index (χ0v) is 15.8. The molecule has 0 heterocycles. The Morgan fingerprint density at radius 1 is 1.12 bits per heavy atom. The number of carbonyl (C=O) groups is 1. The molecule has 25 heavy (non-hydrogen) atoms. The zero-order chi connectivity index (χ0) is 18.4. The van der Waals surface area contributed by atoms with Gasteiger partial charge in [-0.3, -0.25) is 4.79 Å².